The first-order valence-corrected chi connectivity index (χ1v) is 5.85. The summed E-state index contributed by atoms with van der Waals surface area (Å²) in [6, 6.07) is 16.8. The molecule has 0 fully saturated rings. The SMILES string of the molecule is NC1(Cc2ccccc2)Oc2ccccc2C1=O. The van der Waals surface area contributed by atoms with E-state index in [0.29, 0.717) is 17.7 Å². The number of hydrogen-bond acceptors (Lipinski definition) is 3. The number of ether oxygens (including phenoxy) is 1. The number of fused-ring (bicyclic) bond motifs is 1. The fraction of sp³-hybridized carbons (Fsp3) is 0.133. The molecule has 0 aromatic heterocycles. The summed E-state index contributed by atoms with van der Waals surface area (Å²) in [5.74, 6) is 0.419. The quantitative estimate of drug-likeness (QED) is 0.873. The van der Waals surface area contributed by atoms with Gasteiger partial charge in [-0.15, -0.1) is 0 Å². The first-order chi connectivity index (χ1) is 8.69. The van der Waals surface area contributed by atoms with E-state index in [0.717, 1.165) is 5.56 Å². The molecule has 0 radical (unpaired) electrons. The molecule has 1 aliphatic rings. The zero-order valence-corrected chi connectivity index (χ0v) is 9.80. The van der Waals surface area contributed by atoms with Crippen LogP contribution in [0.1, 0.15) is 15.9 Å². The highest BCUT2D eigenvalue weighted by molar-refractivity contribution is 6.07. The van der Waals surface area contributed by atoms with Gasteiger partial charge in [0.25, 0.3) is 0 Å². The van der Waals surface area contributed by atoms with E-state index in [-0.39, 0.29) is 5.78 Å². The number of rotatable bonds is 2. The number of carbonyl (C=O) groups is 1. The molecule has 3 rings (SSSR count). The molecule has 0 amide bonds. The Morgan fingerprint density at radius 3 is 2.39 bits per heavy atom. The number of carbonyl (C=O) groups excluding carboxylic acids is 1. The van der Waals surface area contributed by atoms with Crippen molar-refractivity contribution in [2.75, 3.05) is 0 Å². The Morgan fingerprint density at radius 2 is 1.67 bits per heavy atom. The molecule has 1 heterocycles. The van der Waals surface area contributed by atoms with Crippen LogP contribution in [-0.2, 0) is 6.42 Å². The lowest BCUT2D eigenvalue weighted by Crippen LogP contribution is -2.51. The topological polar surface area (TPSA) is 52.3 Å². The van der Waals surface area contributed by atoms with Crippen LogP contribution >= 0.6 is 0 Å². The summed E-state index contributed by atoms with van der Waals surface area (Å²) in [6.07, 6.45) is 0.376. The summed E-state index contributed by atoms with van der Waals surface area (Å²) in [5.41, 5.74) is 6.39. The van der Waals surface area contributed by atoms with Crippen LogP contribution in [0.3, 0.4) is 0 Å². The molecule has 90 valence electrons. The minimum absolute atomic E-state index is 0.151. The number of ketones is 1. The molecule has 3 nitrogen and oxygen atoms in total. The van der Waals surface area contributed by atoms with Crippen molar-refractivity contribution in [2.45, 2.75) is 12.1 Å². The van der Waals surface area contributed by atoms with Crippen LogP contribution in [-0.4, -0.2) is 11.5 Å². The third-order valence-electron chi connectivity index (χ3n) is 3.12. The minimum Gasteiger partial charge on any atom is -0.464 e. The van der Waals surface area contributed by atoms with Crippen molar-refractivity contribution in [1.29, 1.82) is 0 Å². The maximum absolute atomic E-state index is 12.3. The van der Waals surface area contributed by atoms with E-state index in [1.54, 1.807) is 12.1 Å². The van der Waals surface area contributed by atoms with E-state index in [1.807, 2.05) is 42.5 Å². The summed E-state index contributed by atoms with van der Waals surface area (Å²) in [5, 5.41) is 0. The predicted octanol–water partition coefficient (Wildman–Crippen LogP) is 2.16. The Morgan fingerprint density at radius 1 is 1.00 bits per heavy atom. The lowest BCUT2D eigenvalue weighted by molar-refractivity contribution is 0.0584. The maximum Gasteiger partial charge on any atom is 0.226 e. The minimum atomic E-state index is -1.27. The molecule has 0 aliphatic carbocycles. The van der Waals surface area contributed by atoms with Gasteiger partial charge < -0.3 is 4.74 Å². The molecule has 3 heteroatoms. The van der Waals surface area contributed by atoms with Crippen LogP contribution in [0.4, 0.5) is 0 Å². The maximum atomic E-state index is 12.3. The first kappa shape index (κ1) is 11.0. The Labute approximate surface area is 105 Å². The van der Waals surface area contributed by atoms with Crippen molar-refractivity contribution >= 4 is 5.78 Å². The average Bonchev–Trinajstić information content (AvgIpc) is 2.63. The molecule has 1 atom stereocenters. The van der Waals surface area contributed by atoms with Gasteiger partial charge >= 0.3 is 0 Å². The summed E-state index contributed by atoms with van der Waals surface area (Å²) in [7, 11) is 0. The number of nitrogens with two attached hydrogens (primary N) is 1. The van der Waals surface area contributed by atoms with Crippen molar-refractivity contribution in [3.8, 4) is 5.75 Å². The molecular weight excluding hydrogens is 226 g/mol. The Bertz CT molecular complexity index is 594. The molecule has 0 saturated carbocycles. The summed E-state index contributed by atoms with van der Waals surface area (Å²) in [4.78, 5) is 12.3. The third kappa shape index (κ3) is 1.69. The normalized spacial score (nSPS) is 21.5. The van der Waals surface area contributed by atoms with Gasteiger partial charge in [-0.2, -0.15) is 0 Å². The van der Waals surface area contributed by atoms with E-state index < -0.39 is 5.72 Å². The van der Waals surface area contributed by atoms with E-state index in [2.05, 4.69) is 0 Å². The average molecular weight is 239 g/mol. The molecular formula is C15H13NO2. The smallest absolute Gasteiger partial charge is 0.226 e. The Kier molecular flexibility index (Phi) is 2.42. The highest BCUT2D eigenvalue weighted by atomic mass is 16.5. The molecule has 1 aliphatic heterocycles. The van der Waals surface area contributed by atoms with Crippen molar-refractivity contribution in [1.82, 2.24) is 0 Å². The third-order valence-corrected chi connectivity index (χ3v) is 3.12. The Hall–Kier alpha value is -2.13. The first-order valence-electron chi connectivity index (χ1n) is 5.85. The zero-order chi connectivity index (χ0) is 12.6. The zero-order valence-electron chi connectivity index (χ0n) is 9.80. The highest BCUT2D eigenvalue weighted by Crippen LogP contribution is 2.33. The Balaban J connectivity index is 1.93. The van der Waals surface area contributed by atoms with E-state index in [9.17, 15) is 4.79 Å². The van der Waals surface area contributed by atoms with Crippen LogP contribution in [0.25, 0.3) is 0 Å². The van der Waals surface area contributed by atoms with Gasteiger partial charge in [0.2, 0.25) is 11.5 Å². The van der Waals surface area contributed by atoms with Gasteiger partial charge in [-0.3, -0.25) is 10.5 Å². The summed E-state index contributed by atoms with van der Waals surface area (Å²) in [6.45, 7) is 0. The lowest BCUT2D eigenvalue weighted by atomic mass is 9.97. The standard InChI is InChI=1S/C15H13NO2/c16-15(10-11-6-2-1-3-7-11)14(17)12-8-4-5-9-13(12)18-15/h1-9H,10,16H2. The van der Waals surface area contributed by atoms with E-state index in [4.69, 9.17) is 10.5 Å². The fourth-order valence-corrected chi connectivity index (χ4v) is 2.23. The van der Waals surface area contributed by atoms with Crippen LogP contribution in [0.2, 0.25) is 0 Å². The second kappa shape index (κ2) is 3.96. The van der Waals surface area contributed by atoms with Gasteiger partial charge in [-0.1, -0.05) is 42.5 Å². The number of benzene rings is 2. The van der Waals surface area contributed by atoms with Crippen molar-refractivity contribution < 1.29 is 9.53 Å². The summed E-state index contributed by atoms with van der Waals surface area (Å²) < 4.78 is 5.64. The van der Waals surface area contributed by atoms with E-state index in [1.165, 1.54) is 0 Å². The molecule has 0 bridgehead atoms. The largest absolute Gasteiger partial charge is 0.464 e. The van der Waals surface area contributed by atoms with Gasteiger partial charge in [0, 0.05) is 6.42 Å². The van der Waals surface area contributed by atoms with Crippen LogP contribution in [0.5, 0.6) is 5.75 Å². The second-order valence-electron chi connectivity index (χ2n) is 4.48. The lowest BCUT2D eigenvalue weighted by Gasteiger charge is -2.22. The number of hydrogen-bond donors (Lipinski definition) is 1. The highest BCUT2D eigenvalue weighted by Gasteiger charge is 2.44. The van der Waals surface area contributed by atoms with Gasteiger partial charge in [-0.05, 0) is 17.7 Å². The van der Waals surface area contributed by atoms with Gasteiger partial charge in [0.1, 0.15) is 5.75 Å². The second-order valence-corrected chi connectivity index (χ2v) is 4.48. The molecule has 2 aromatic carbocycles. The monoisotopic (exact) mass is 239 g/mol. The molecule has 0 saturated heterocycles. The molecule has 1 unspecified atom stereocenters. The number of para-hydroxylation sites is 1. The van der Waals surface area contributed by atoms with Crippen LogP contribution in [0.15, 0.2) is 54.6 Å². The van der Waals surface area contributed by atoms with Gasteiger partial charge in [0.05, 0.1) is 5.56 Å². The van der Waals surface area contributed by atoms with Crippen molar-refractivity contribution in [3.05, 3.63) is 65.7 Å². The van der Waals surface area contributed by atoms with Crippen LogP contribution < -0.4 is 10.5 Å². The predicted molar refractivity (Wildman–Crippen MR) is 68.5 cm³/mol. The molecule has 0 spiro atoms. The van der Waals surface area contributed by atoms with Crippen molar-refractivity contribution in [3.63, 3.8) is 0 Å². The molecule has 18 heavy (non-hydrogen) atoms. The van der Waals surface area contributed by atoms with Gasteiger partial charge in [0.15, 0.2) is 0 Å². The van der Waals surface area contributed by atoms with Crippen molar-refractivity contribution in [2.24, 2.45) is 5.73 Å². The van der Waals surface area contributed by atoms with E-state index >= 15 is 0 Å². The molecule has 2 N–H and O–H groups in total. The summed E-state index contributed by atoms with van der Waals surface area (Å²) >= 11 is 0. The van der Waals surface area contributed by atoms with Gasteiger partial charge in [-0.25, -0.2) is 0 Å². The fourth-order valence-electron chi connectivity index (χ4n) is 2.23. The molecule has 2 aromatic rings. The number of Topliss-reactive ketones (excluding diaryl/α,β-unsaturated/α-hetero) is 1. The van der Waals surface area contributed by atoms with Crippen LogP contribution in [0, 0.1) is 0 Å².